The van der Waals surface area contributed by atoms with Crippen molar-refractivity contribution in [1.29, 1.82) is 0 Å². The summed E-state index contributed by atoms with van der Waals surface area (Å²) in [6.45, 7) is 1.46. The molecule has 0 radical (unpaired) electrons. The van der Waals surface area contributed by atoms with Crippen LogP contribution in [0, 0.1) is 0 Å². The van der Waals surface area contributed by atoms with Gasteiger partial charge in [-0.3, -0.25) is 14.5 Å². The van der Waals surface area contributed by atoms with E-state index in [1.165, 1.54) is 0 Å². The topological polar surface area (TPSA) is 151 Å². The molecule has 2 aromatic heterocycles. The number of aromatic nitrogens is 4. The minimum Gasteiger partial charge on any atom is -0.465 e. The van der Waals surface area contributed by atoms with Crippen LogP contribution < -0.4 is 5.32 Å². The van der Waals surface area contributed by atoms with Gasteiger partial charge in [0.2, 0.25) is 5.91 Å². The van der Waals surface area contributed by atoms with Gasteiger partial charge in [0.25, 0.3) is 5.91 Å². The Bertz CT molecular complexity index is 2120. The second kappa shape index (κ2) is 14.9. The number of likely N-dealkylation sites (N-methyl/N-ethyl adjacent to an activating group) is 1. The van der Waals surface area contributed by atoms with Crippen LogP contribution in [0.15, 0.2) is 91.3 Å². The SMILES string of the molecule is CN1C[C@H](F)C[C@H]1C(=O)N1CCC[C@H]1c1ncc(-c2ccc(-c3ccc(-c4cnc([C@@H]5CCCN5C(=O)[C@H](NC(=O)O)c5ccccc5)[nH]4)cc3)cc2)[nH]1. The third-order valence-electron chi connectivity index (χ3n) is 11.0. The summed E-state index contributed by atoms with van der Waals surface area (Å²) in [5.41, 5.74) is 6.33. The fourth-order valence-corrected chi connectivity index (χ4v) is 8.26. The number of benzene rings is 3. The molecule has 0 aliphatic carbocycles. The number of alkyl halides is 1. The van der Waals surface area contributed by atoms with Gasteiger partial charge in [0.15, 0.2) is 0 Å². The third kappa shape index (κ3) is 6.98. The summed E-state index contributed by atoms with van der Waals surface area (Å²) in [5.74, 6) is 1.11. The van der Waals surface area contributed by atoms with Gasteiger partial charge in [-0.15, -0.1) is 0 Å². The van der Waals surface area contributed by atoms with Crippen LogP contribution in [0.5, 0.6) is 0 Å². The molecule has 13 heteroatoms. The lowest BCUT2D eigenvalue weighted by atomic mass is 10.0. The van der Waals surface area contributed by atoms with Crippen molar-refractivity contribution in [3.8, 4) is 33.6 Å². The fourth-order valence-electron chi connectivity index (χ4n) is 8.26. The van der Waals surface area contributed by atoms with Crippen LogP contribution in [-0.4, -0.2) is 96.5 Å². The molecule has 3 aromatic carbocycles. The zero-order chi connectivity index (χ0) is 37.3. The number of carbonyl (C=O) groups excluding carboxylic acids is 2. The van der Waals surface area contributed by atoms with E-state index < -0.39 is 24.3 Å². The number of likely N-dealkylation sites (tertiary alicyclic amines) is 3. The van der Waals surface area contributed by atoms with Crippen molar-refractivity contribution in [2.45, 2.75) is 62.4 Å². The van der Waals surface area contributed by atoms with E-state index in [1.54, 1.807) is 35.4 Å². The van der Waals surface area contributed by atoms with E-state index in [2.05, 4.69) is 61.7 Å². The van der Waals surface area contributed by atoms with Crippen LogP contribution in [0.4, 0.5) is 9.18 Å². The number of aromatic amines is 2. The first-order valence-electron chi connectivity index (χ1n) is 18.5. The van der Waals surface area contributed by atoms with Crippen molar-refractivity contribution in [2.75, 3.05) is 26.7 Å². The second-order valence-electron chi connectivity index (χ2n) is 14.5. The molecular formula is C41H43FN8O4. The maximum atomic E-state index is 14.0. The molecule has 278 valence electrons. The van der Waals surface area contributed by atoms with E-state index in [-0.39, 0.29) is 30.3 Å². The molecule has 4 N–H and O–H groups in total. The summed E-state index contributed by atoms with van der Waals surface area (Å²) in [6.07, 6.45) is 4.84. The van der Waals surface area contributed by atoms with Gasteiger partial charge in [0, 0.05) is 26.1 Å². The minimum absolute atomic E-state index is 0.0154. The molecule has 0 unspecified atom stereocenters. The first-order chi connectivity index (χ1) is 26.2. The lowest BCUT2D eigenvalue weighted by Gasteiger charge is -2.28. The van der Waals surface area contributed by atoms with Crippen molar-refractivity contribution < 1.29 is 23.9 Å². The van der Waals surface area contributed by atoms with E-state index >= 15 is 0 Å². The van der Waals surface area contributed by atoms with Gasteiger partial charge in [-0.1, -0.05) is 78.9 Å². The monoisotopic (exact) mass is 730 g/mol. The highest BCUT2D eigenvalue weighted by Crippen LogP contribution is 2.36. The molecule has 5 heterocycles. The van der Waals surface area contributed by atoms with Crippen molar-refractivity contribution in [3.63, 3.8) is 0 Å². The summed E-state index contributed by atoms with van der Waals surface area (Å²) >= 11 is 0. The number of hydrogen-bond donors (Lipinski definition) is 4. The zero-order valence-corrected chi connectivity index (χ0v) is 30.0. The Labute approximate surface area is 312 Å². The molecule has 8 rings (SSSR count). The molecule has 3 fully saturated rings. The highest BCUT2D eigenvalue weighted by atomic mass is 19.1. The lowest BCUT2D eigenvalue weighted by molar-refractivity contribution is -0.136. The minimum atomic E-state index is -1.26. The summed E-state index contributed by atoms with van der Waals surface area (Å²) in [6, 6.07) is 23.5. The van der Waals surface area contributed by atoms with Crippen molar-refractivity contribution in [3.05, 3.63) is 108 Å². The number of rotatable bonds is 9. The maximum absolute atomic E-state index is 14.0. The predicted molar refractivity (Wildman–Crippen MR) is 201 cm³/mol. The molecule has 3 amide bonds. The van der Waals surface area contributed by atoms with Crippen LogP contribution in [0.25, 0.3) is 33.6 Å². The van der Waals surface area contributed by atoms with Gasteiger partial charge in [-0.25, -0.2) is 19.2 Å². The van der Waals surface area contributed by atoms with Gasteiger partial charge in [-0.05, 0) is 60.5 Å². The highest BCUT2D eigenvalue weighted by molar-refractivity contribution is 5.87. The molecule has 0 spiro atoms. The normalized spacial score (nSPS) is 22.1. The summed E-state index contributed by atoms with van der Waals surface area (Å²) in [7, 11) is 1.82. The number of amides is 3. The van der Waals surface area contributed by atoms with E-state index in [9.17, 15) is 23.9 Å². The van der Waals surface area contributed by atoms with Gasteiger partial charge >= 0.3 is 6.09 Å². The van der Waals surface area contributed by atoms with E-state index in [0.29, 0.717) is 31.0 Å². The Morgan fingerprint density at radius 2 is 1.30 bits per heavy atom. The highest BCUT2D eigenvalue weighted by Gasteiger charge is 2.41. The molecule has 3 saturated heterocycles. The Kier molecular flexibility index (Phi) is 9.72. The second-order valence-corrected chi connectivity index (χ2v) is 14.5. The molecule has 12 nitrogen and oxygen atoms in total. The number of nitrogens with zero attached hydrogens (tertiary/aromatic N) is 5. The zero-order valence-electron chi connectivity index (χ0n) is 30.0. The van der Waals surface area contributed by atoms with Crippen LogP contribution in [-0.2, 0) is 9.59 Å². The first-order valence-corrected chi connectivity index (χ1v) is 18.5. The first kappa shape index (κ1) is 35.2. The molecular weight excluding hydrogens is 688 g/mol. The Hall–Kier alpha value is -5.82. The third-order valence-corrected chi connectivity index (χ3v) is 11.0. The Morgan fingerprint density at radius 3 is 1.81 bits per heavy atom. The number of H-pyrrole nitrogens is 2. The molecule has 54 heavy (non-hydrogen) atoms. The summed E-state index contributed by atoms with van der Waals surface area (Å²) in [5, 5.41) is 11.9. The lowest BCUT2D eigenvalue weighted by Crippen LogP contribution is -2.44. The number of carbonyl (C=O) groups is 3. The molecule has 0 bridgehead atoms. The molecule has 0 saturated carbocycles. The fraction of sp³-hybridized carbons (Fsp3) is 0.341. The van der Waals surface area contributed by atoms with E-state index in [0.717, 1.165) is 65.1 Å². The molecule has 5 aromatic rings. The maximum Gasteiger partial charge on any atom is 0.405 e. The average molecular weight is 731 g/mol. The van der Waals surface area contributed by atoms with Gasteiger partial charge < -0.3 is 30.2 Å². The predicted octanol–water partition coefficient (Wildman–Crippen LogP) is 6.51. The van der Waals surface area contributed by atoms with Gasteiger partial charge in [0.1, 0.15) is 23.9 Å². The van der Waals surface area contributed by atoms with Crippen LogP contribution in [0.1, 0.15) is 67.4 Å². The summed E-state index contributed by atoms with van der Waals surface area (Å²) in [4.78, 5) is 60.2. The van der Waals surface area contributed by atoms with Crippen LogP contribution in [0.3, 0.4) is 0 Å². The average Bonchev–Trinajstić information content (AvgIpc) is 4.04. The smallest absolute Gasteiger partial charge is 0.405 e. The summed E-state index contributed by atoms with van der Waals surface area (Å²) < 4.78 is 14.0. The van der Waals surface area contributed by atoms with E-state index in [1.807, 2.05) is 41.2 Å². The van der Waals surface area contributed by atoms with Crippen molar-refractivity contribution in [1.82, 2.24) is 40.0 Å². The molecule has 3 aliphatic heterocycles. The van der Waals surface area contributed by atoms with Crippen molar-refractivity contribution in [2.24, 2.45) is 0 Å². The number of carboxylic acid groups (broad SMARTS) is 1. The standard InChI is InChI=1S/C41H43FN8O4/c1-48-24-30(42)21-35(48)39(51)49-19-5-9-33(49)37-43-22-31(45-37)27-15-11-25(12-16-27)26-13-17-28(18-14-26)32-23-44-38(46-32)34-10-6-20-50(34)40(52)36(47-41(53)54)29-7-3-2-4-8-29/h2-4,7-8,11-18,22-23,30,33-36,47H,5-6,9-10,19-21,24H2,1H3,(H,43,45)(H,44,46)(H,53,54)/t30-,33+,34+,35+,36-/m1/s1. The largest absolute Gasteiger partial charge is 0.465 e. The number of nitrogens with one attached hydrogen (secondary N) is 3. The van der Waals surface area contributed by atoms with Gasteiger partial charge in [0.05, 0.1) is 41.9 Å². The number of imidazole rings is 2. The van der Waals surface area contributed by atoms with Crippen molar-refractivity contribution >= 4 is 17.9 Å². The molecule has 3 aliphatic rings. The Balaban J connectivity index is 0.925. The van der Waals surface area contributed by atoms with Gasteiger partial charge in [-0.2, -0.15) is 0 Å². The number of halogens is 1. The quantitative estimate of drug-likeness (QED) is 0.135. The van der Waals surface area contributed by atoms with Crippen LogP contribution >= 0.6 is 0 Å². The van der Waals surface area contributed by atoms with Crippen LogP contribution in [0.2, 0.25) is 0 Å². The Morgan fingerprint density at radius 1 is 0.778 bits per heavy atom. The number of hydrogen-bond acceptors (Lipinski definition) is 6. The van der Waals surface area contributed by atoms with E-state index in [4.69, 9.17) is 0 Å². The molecule has 5 atom stereocenters.